The third-order valence-corrected chi connectivity index (χ3v) is 4.03. The second kappa shape index (κ2) is 10.6. The van der Waals surface area contributed by atoms with Crippen molar-refractivity contribution in [3.05, 3.63) is 60.1 Å². The summed E-state index contributed by atoms with van der Waals surface area (Å²) in [5, 5.41) is 2.39. The van der Waals surface area contributed by atoms with Gasteiger partial charge in [-0.3, -0.25) is 14.4 Å². The zero-order valence-electron chi connectivity index (χ0n) is 16.0. The summed E-state index contributed by atoms with van der Waals surface area (Å²) in [7, 11) is 2.16. The molecule has 0 aliphatic heterocycles. The van der Waals surface area contributed by atoms with Crippen LogP contribution in [0.1, 0.15) is 22.5 Å². The molecule has 9 nitrogen and oxygen atoms in total. The van der Waals surface area contributed by atoms with Crippen molar-refractivity contribution >= 4 is 23.8 Å². The topological polar surface area (TPSA) is 121 Å². The molecule has 9 heteroatoms. The Balaban J connectivity index is 2.15. The fourth-order valence-electron chi connectivity index (χ4n) is 2.58. The number of alkyl carbamates (subject to hydrolysis) is 1. The molecule has 0 bridgehead atoms. The van der Waals surface area contributed by atoms with Crippen molar-refractivity contribution in [1.29, 1.82) is 0 Å². The molecule has 1 N–H and O–H groups in total. The Bertz CT molecular complexity index is 815. The van der Waals surface area contributed by atoms with Gasteiger partial charge in [-0.1, -0.05) is 30.3 Å². The first-order valence-corrected chi connectivity index (χ1v) is 8.65. The molecule has 1 heterocycles. The highest BCUT2D eigenvalue weighted by Crippen LogP contribution is 2.16. The van der Waals surface area contributed by atoms with E-state index < -0.39 is 42.2 Å². The summed E-state index contributed by atoms with van der Waals surface area (Å²) in [6.45, 7) is -0.0351. The summed E-state index contributed by atoms with van der Waals surface area (Å²) in [5.41, 5.74) is 0.739. The highest BCUT2D eigenvalue weighted by atomic mass is 16.6. The van der Waals surface area contributed by atoms with Crippen molar-refractivity contribution in [2.24, 2.45) is 5.92 Å². The molecule has 1 amide bonds. The number of methoxy groups -OCH3 is 2. The van der Waals surface area contributed by atoms with E-state index in [1.165, 1.54) is 18.4 Å². The Morgan fingerprint density at radius 2 is 1.62 bits per heavy atom. The second-order valence-corrected chi connectivity index (χ2v) is 5.94. The molecular formula is C20H21NO8. The van der Waals surface area contributed by atoms with E-state index in [0.29, 0.717) is 0 Å². The van der Waals surface area contributed by atoms with Crippen molar-refractivity contribution in [2.75, 3.05) is 14.2 Å². The fraction of sp³-hybridized carbons (Fsp3) is 0.300. The van der Waals surface area contributed by atoms with E-state index in [1.807, 2.05) is 6.07 Å². The van der Waals surface area contributed by atoms with Crippen LogP contribution < -0.4 is 5.32 Å². The molecule has 154 valence electrons. The van der Waals surface area contributed by atoms with Crippen LogP contribution >= 0.6 is 0 Å². The van der Waals surface area contributed by atoms with Crippen LogP contribution in [0, 0.1) is 5.92 Å². The average Bonchev–Trinajstić information content (AvgIpc) is 3.27. The van der Waals surface area contributed by atoms with Gasteiger partial charge in [-0.2, -0.15) is 0 Å². The molecule has 0 fully saturated rings. The predicted octanol–water partition coefficient (Wildman–Crippen LogP) is 2.11. The van der Waals surface area contributed by atoms with Crippen LogP contribution in [-0.4, -0.2) is 44.1 Å². The Morgan fingerprint density at radius 1 is 0.966 bits per heavy atom. The van der Waals surface area contributed by atoms with Gasteiger partial charge in [-0.05, 0) is 17.7 Å². The first kappa shape index (κ1) is 21.7. The number of furan rings is 1. The number of ketones is 1. The quantitative estimate of drug-likeness (QED) is 0.292. The van der Waals surface area contributed by atoms with E-state index in [4.69, 9.17) is 9.15 Å². The molecule has 2 rings (SSSR count). The van der Waals surface area contributed by atoms with E-state index in [2.05, 4.69) is 14.8 Å². The number of Topliss-reactive ketones (excluding diaryl/α,β-unsaturated/α-hetero) is 1. The number of esters is 2. The molecule has 0 spiro atoms. The van der Waals surface area contributed by atoms with Crippen LogP contribution in [-0.2, 0) is 30.4 Å². The Kier molecular flexibility index (Phi) is 7.96. The number of ether oxygens (including phenoxy) is 3. The van der Waals surface area contributed by atoms with E-state index in [9.17, 15) is 19.2 Å². The molecule has 0 radical (unpaired) electrons. The minimum atomic E-state index is -1.56. The van der Waals surface area contributed by atoms with Crippen LogP contribution in [0.4, 0.5) is 4.79 Å². The van der Waals surface area contributed by atoms with Gasteiger partial charge >= 0.3 is 18.0 Å². The van der Waals surface area contributed by atoms with Crippen molar-refractivity contribution in [2.45, 2.75) is 19.1 Å². The van der Waals surface area contributed by atoms with Crippen molar-refractivity contribution < 1.29 is 37.8 Å². The molecule has 1 aromatic carbocycles. The predicted molar refractivity (Wildman–Crippen MR) is 98.7 cm³/mol. The number of hydrogen-bond acceptors (Lipinski definition) is 8. The lowest BCUT2D eigenvalue weighted by Crippen LogP contribution is -2.48. The number of nitrogens with one attached hydrogen (secondary N) is 1. The van der Waals surface area contributed by atoms with E-state index in [-0.39, 0.29) is 12.4 Å². The summed E-state index contributed by atoms with van der Waals surface area (Å²) in [5.74, 6) is -3.99. The molecular weight excluding hydrogens is 382 g/mol. The van der Waals surface area contributed by atoms with Gasteiger partial charge in [0.2, 0.25) is 0 Å². The number of benzene rings is 1. The van der Waals surface area contributed by atoms with Crippen LogP contribution in [0.25, 0.3) is 0 Å². The summed E-state index contributed by atoms with van der Waals surface area (Å²) >= 11 is 0. The van der Waals surface area contributed by atoms with Gasteiger partial charge in [0.15, 0.2) is 17.5 Å². The Morgan fingerprint density at radius 3 is 2.17 bits per heavy atom. The third kappa shape index (κ3) is 6.20. The number of carbonyl (C=O) groups is 4. The largest absolute Gasteiger partial charge is 0.468 e. The highest BCUT2D eigenvalue weighted by molar-refractivity contribution is 5.99. The van der Waals surface area contributed by atoms with Crippen LogP contribution in [0.2, 0.25) is 0 Å². The Labute approximate surface area is 166 Å². The maximum Gasteiger partial charge on any atom is 0.407 e. The summed E-state index contributed by atoms with van der Waals surface area (Å²) < 4.78 is 19.4. The SMILES string of the molecule is COC(=O)C(C(=O)OC)C(CC(=O)c1ccco1)NC(=O)OCc1ccccc1. The molecule has 0 saturated heterocycles. The van der Waals surface area contributed by atoms with Gasteiger partial charge < -0.3 is 23.9 Å². The van der Waals surface area contributed by atoms with Gasteiger partial charge in [0, 0.05) is 6.42 Å². The maximum atomic E-state index is 12.4. The molecule has 29 heavy (non-hydrogen) atoms. The highest BCUT2D eigenvalue weighted by Gasteiger charge is 2.39. The van der Waals surface area contributed by atoms with E-state index >= 15 is 0 Å². The van der Waals surface area contributed by atoms with Crippen LogP contribution in [0.5, 0.6) is 0 Å². The Hall–Kier alpha value is -3.62. The fourth-order valence-corrected chi connectivity index (χ4v) is 2.58. The third-order valence-electron chi connectivity index (χ3n) is 4.03. The van der Waals surface area contributed by atoms with Crippen molar-refractivity contribution in [3.8, 4) is 0 Å². The average molecular weight is 403 g/mol. The van der Waals surface area contributed by atoms with Gasteiger partial charge in [0.05, 0.1) is 26.5 Å². The summed E-state index contributed by atoms with van der Waals surface area (Å²) in [6, 6.07) is 10.6. The summed E-state index contributed by atoms with van der Waals surface area (Å²) in [6.07, 6.45) is -0.0195. The lowest BCUT2D eigenvalue weighted by Gasteiger charge is -2.23. The minimum Gasteiger partial charge on any atom is -0.468 e. The van der Waals surface area contributed by atoms with Crippen LogP contribution in [0.3, 0.4) is 0 Å². The molecule has 1 unspecified atom stereocenters. The van der Waals surface area contributed by atoms with Gasteiger partial charge in [-0.15, -0.1) is 0 Å². The summed E-state index contributed by atoms with van der Waals surface area (Å²) in [4.78, 5) is 48.9. The normalized spacial score (nSPS) is 11.4. The van der Waals surface area contributed by atoms with Gasteiger partial charge in [0.1, 0.15) is 6.61 Å². The lowest BCUT2D eigenvalue weighted by molar-refractivity contribution is -0.160. The van der Waals surface area contributed by atoms with E-state index in [0.717, 1.165) is 19.8 Å². The second-order valence-electron chi connectivity index (χ2n) is 5.94. The van der Waals surface area contributed by atoms with Crippen molar-refractivity contribution in [3.63, 3.8) is 0 Å². The molecule has 2 aromatic rings. The van der Waals surface area contributed by atoms with E-state index in [1.54, 1.807) is 24.3 Å². The lowest BCUT2D eigenvalue weighted by atomic mass is 9.94. The standard InChI is InChI=1S/C20H21NO8/c1-26-18(23)17(19(24)27-2)14(11-15(22)16-9-6-10-28-16)21-20(25)29-12-13-7-4-3-5-8-13/h3-10,14,17H,11-12H2,1-2H3,(H,21,25). The monoisotopic (exact) mass is 403 g/mol. The minimum absolute atomic E-state index is 0.0166. The molecule has 0 aliphatic carbocycles. The van der Waals surface area contributed by atoms with Crippen molar-refractivity contribution in [1.82, 2.24) is 5.32 Å². The number of rotatable bonds is 9. The zero-order chi connectivity index (χ0) is 21.2. The van der Waals surface area contributed by atoms with Gasteiger partial charge in [0.25, 0.3) is 0 Å². The maximum absolute atomic E-state index is 12.4. The first-order valence-electron chi connectivity index (χ1n) is 8.65. The number of amides is 1. The smallest absolute Gasteiger partial charge is 0.407 e. The van der Waals surface area contributed by atoms with Gasteiger partial charge in [-0.25, -0.2) is 4.79 Å². The molecule has 1 aromatic heterocycles. The van der Waals surface area contributed by atoms with Crippen LogP contribution in [0.15, 0.2) is 53.1 Å². The number of carbonyl (C=O) groups excluding carboxylic acids is 4. The first-order chi connectivity index (χ1) is 14.0. The number of hydrogen-bond donors (Lipinski definition) is 1. The molecule has 0 aliphatic rings. The zero-order valence-corrected chi connectivity index (χ0v) is 16.0. The molecule has 1 atom stereocenters. The molecule has 0 saturated carbocycles.